The first kappa shape index (κ1) is 17.8. The van der Waals surface area contributed by atoms with E-state index in [1.54, 1.807) is 0 Å². The number of benzene rings is 2. The summed E-state index contributed by atoms with van der Waals surface area (Å²) in [6, 6.07) is 13.7. The first-order valence-electron chi connectivity index (χ1n) is 9.14. The van der Waals surface area contributed by atoms with Crippen molar-refractivity contribution >= 4 is 34.3 Å². The van der Waals surface area contributed by atoms with Crippen LogP contribution in [0.2, 0.25) is 5.02 Å². The molecule has 2 aliphatic rings. The number of thioether (sulfide) groups is 1. The lowest BCUT2D eigenvalue weighted by Gasteiger charge is -2.30. The van der Waals surface area contributed by atoms with Gasteiger partial charge in [0.05, 0.1) is 4.75 Å². The Bertz CT molecular complexity index is 866. The zero-order valence-electron chi connectivity index (χ0n) is 14.8. The van der Waals surface area contributed by atoms with Crippen LogP contribution in [0.1, 0.15) is 49.1 Å². The van der Waals surface area contributed by atoms with Crippen LogP contribution in [0.4, 0.5) is 0 Å². The maximum absolute atomic E-state index is 13.3. The van der Waals surface area contributed by atoms with Crippen LogP contribution >= 0.6 is 23.4 Å². The van der Waals surface area contributed by atoms with Crippen molar-refractivity contribution in [3.05, 3.63) is 58.6 Å². The van der Waals surface area contributed by atoms with E-state index in [4.69, 9.17) is 11.6 Å². The molecular formula is C22H21ClO2S. The first-order valence-corrected chi connectivity index (χ1v) is 10.3. The summed E-state index contributed by atoms with van der Waals surface area (Å²) >= 11 is 7.29. The summed E-state index contributed by atoms with van der Waals surface area (Å²) in [7, 11) is 0. The number of carbonyl (C=O) groups is 2. The number of hydrogen-bond donors (Lipinski definition) is 0. The van der Waals surface area contributed by atoms with Gasteiger partial charge in [-0.1, -0.05) is 66.9 Å². The molecule has 0 radical (unpaired) electrons. The van der Waals surface area contributed by atoms with Crippen LogP contribution in [0.5, 0.6) is 0 Å². The number of ketones is 1. The fraction of sp³-hybridized carbons (Fsp3) is 0.364. The zero-order valence-corrected chi connectivity index (χ0v) is 16.3. The largest absolute Gasteiger partial charge is 0.297 e. The maximum atomic E-state index is 13.3. The van der Waals surface area contributed by atoms with E-state index in [0.29, 0.717) is 5.02 Å². The Balaban J connectivity index is 1.73. The second kappa shape index (κ2) is 6.86. The molecule has 1 spiro atoms. The van der Waals surface area contributed by atoms with Crippen LogP contribution < -0.4 is 0 Å². The number of aryl methyl sites for hydroxylation is 1. The lowest BCUT2D eigenvalue weighted by molar-refractivity contribution is -0.125. The fourth-order valence-corrected chi connectivity index (χ4v) is 5.76. The standard InChI is InChI=1S/C22H21ClO2S/c1-14-5-6-16(15-7-9-17(23)10-8-15)13-18(14)19-20(24)22(26-21(19)25)11-3-2-4-12-22/h5-10,13,19H,2-4,11-12H2,1H3. The minimum absolute atomic E-state index is 0.0215. The van der Waals surface area contributed by atoms with Gasteiger partial charge in [0.25, 0.3) is 0 Å². The van der Waals surface area contributed by atoms with E-state index in [0.717, 1.165) is 47.9 Å². The van der Waals surface area contributed by atoms with Gasteiger partial charge in [-0.3, -0.25) is 9.59 Å². The molecule has 0 aromatic heterocycles. The molecule has 0 bridgehead atoms. The minimum atomic E-state index is -0.620. The van der Waals surface area contributed by atoms with Gasteiger partial charge < -0.3 is 0 Å². The Morgan fingerprint density at radius 3 is 2.31 bits per heavy atom. The van der Waals surface area contributed by atoms with Crippen molar-refractivity contribution in [1.82, 2.24) is 0 Å². The van der Waals surface area contributed by atoms with Crippen LogP contribution in [0, 0.1) is 6.92 Å². The van der Waals surface area contributed by atoms with Crippen molar-refractivity contribution in [2.24, 2.45) is 0 Å². The van der Waals surface area contributed by atoms with Crippen LogP contribution in [-0.2, 0) is 9.59 Å². The molecule has 1 saturated carbocycles. The van der Waals surface area contributed by atoms with E-state index >= 15 is 0 Å². The molecule has 1 unspecified atom stereocenters. The highest BCUT2D eigenvalue weighted by Crippen LogP contribution is 2.52. The molecular weight excluding hydrogens is 364 g/mol. The average molecular weight is 385 g/mol. The third kappa shape index (κ3) is 3.01. The molecule has 134 valence electrons. The van der Waals surface area contributed by atoms with Crippen molar-refractivity contribution < 1.29 is 9.59 Å². The van der Waals surface area contributed by atoms with E-state index in [1.807, 2.05) is 49.4 Å². The summed E-state index contributed by atoms with van der Waals surface area (Å²) in [5.41, 5.74) is 3.91. The summed E-state index contributed by atoms with van der Waals surface area (Å²) in [5.74, 6) is -0.492. The van der Waals surface area contributed by atoms with Crippen molar-refractivity contribution in [2.75, 3.05) is 0 Å². The molecule has 26 heavy (non-hydrogen) atoms. The Hall–Kier alpha value is -1.58. The van der Waals surface area contributed by atoms with E-state index in [9.17, 15) is 9.59 Å². The molecule has 1 saturated heterocycles. The topological polar surface area (TPSA) is 34.1 Å². The summed E-state index contributed by atoms with van der Waals surface area (Å²) < 4.78 is -0.470. The Morgan fingerprint density at radius 2 is 1.62 bits per heavy atom. The quantitative estimate of drug-likeness (QED) is 0.600. The normalized spacial score (nSPS) is 22.2. The van der Waals surface area contributed by atoms with Gasteiger partial charge >= 0.3 is 0 Å². The van der Waals surface area contributed by atoms with Gasteiger partial charge in [-0.05, 0) is 60.2 Å². The molecule has 0 N–H and O–H groups in total. The van der Waals surface area contributed by atoms with Gasteiger partial charge in [-0.25, -0.2) is 0 Å². The smallest absolute Gasteiger partial charge is 0.204 e. The van der Waals surface area contributed by atoms with Crippen LogP contribution in [0.3, 0.4) is 0 Å². The lowest BCUT2D eigenvalue weighted by Crippen LogP contribution is -2.35. The molecule has 2 fully saturated rings. The number of carbonyl (C=O) groups excluding carboxylic acids is 2. The van der Waals surface area contributed by atoms with Gasteiger partial charge in [0, 0.05) is 5.02 Å². The van der Waals surface area contributed by atoms with E-state index in [2.05, 4.69) is 0 Å². The SMILES string of the molecule is Cc1ccc(-c2ccc(Cl)cc2)cc1C1C(=O)SC2(CCCCC2)C1=O. The fourth-order valence-electron chi connectivity index (χ4n) is 4.18. The predicted molar refractivity (Wildman–Crippen MR) is 108 cm³/mol. The Morgan fingerprint density at radius 1 is 0.962 bits per heavy atom. The van der Waals surface area contributed by atoms with Crippen molar-refractivity contribution in [1.29, 1.82) is 0 Å². The van der Waals surface area contributed by atoms with Crippen LogP contribution in [-0.4, -0.2) is 15.6 Å². The van der Waals surface area contributed by atoms with E-state index in [-0.39, 0.29) is 10.9 Å². The molecule has 1 aliphatic carbocycles. The van der Waals surface area contributed by atoms with Crippen LogP contribution in [0.15, 0.2) is 42.5 Å². The minimum Gasteiger partial charge on any atom is -0.297 e. The second-order valence-corrected chi connectivity index (χ2v) is 9.18. The average Bonchev–Trinajstić information content (AvgIpc) is 2.87. The van der Waals surface area contributed by atoms with Crippen LogP contribution in [0.25, 0.3) is 11.1 Å². The lowest BCUT2D eigenvalue weighted by atomic mass is 9.78. The Kier molecular flexibility index (Phi) is 4.70. The zero-order chi connectivity index (χ0) is 18.3. The third-order valence-electron chi connectivity index (χ3n) is 5.67. The summed E-state index contributed by atoms with van der Waals surface area (Å²) in [6.45, 7) is 1.98. The number of Topliss-reactive ketones (excluding diaryl/α,β-unsaturated/α-hetero) is 1. The summed E-state index contributed by atoms with van der Waals surface area (Å²) in [6.07, 6.45) is 4.94. The van der Waals surface area contributed by atoms with Gasteiger partial charge in [0.1, 0.15) is 5.92 Å². The van der Waals surface area contributed by atoms with E-state index in [1.165, 1.54) is 18.2 Å². The molecule has 1 heterocycles. The maximum Gasteiger partial charge on any atom is 0.204 e. The molecule has 2 aromatic carbocycles. The molecule has 1 aliphatic heterocycles. The summed E-state index contributed by atoms with van der Waals surface area (Å²) in [4.78, 5) is 26.1. The summed E-state index contributed by atoms with van der Waals surface area (Å²) in [5, 5.41) is 0.714. The highest BCUT2D eigenvalue weighted by molar-refractivity contribution is 8.16. The molecule has 2 aromatic rings. The van der Waals surface area contributed by atoms with Gasteiger partial charge in [0.15, 0.2) is 5.78 Å². The Labute approximate surface area is 163 Å². The second-order valence-electron chi connectivity index (χ2n) is 7.35. The highest BCUT2D eigenvalue weighted by atomic mass is 35.5. The number of hydrogen-bond acceptors (Lipinski definition) is 3. The number of halogens is 1. The molecule has 2 nitrogen and oxygen atoms in total. The van der Waals surface area contributed by atoms with Gasteiger partial charge in [-0.2, -0.15) is 0 Å². The van der Waals surface area contributed by atoms with Crippen molar-refractivity contribution in [3.8, 4) is 11.1 Å². The molecule has 0 amide bonds. The molecule has 1 atom stereocenters. The van der Waals surface area contributed by atoms with Gasteiger partial charge in [0.2, 0.25) is 5.12 Å². The van der Waals surface area contributed by atoms with Crippen molar-refractivity contribution in [2.45, 2.75) is 49.7 Å². The monoisotopic (exact) mass is 384 g/mol. The van der Waals surface area contributed by atoms with Crippen molar-refractivity contribution in [3.63, 3.8) is 0 Å². The molecule has 4 heteroatoms. The first-order chi connectivity index (χ1) is 12.5. The predicted octanol–water partition coefficient (Wildman–Crippen LogP) is 5.94. The van der Waals surface area contributed by atoms with E-state index < -0.39 is 10.7 Å². The van der Waals surface area contributed by atoms with Gasteiger partial charge in [-0.15, -0.1) is 0 Å². The third-order valence-corrected chi connectivity index (χ3v) is 7.36. The highest BCUT2D eigenvalue weighted by Gasteiger charge is 2.54. The molecule has 4 rings (SSSR count). The number of rotatable bonds is 2.